The Morgan fingerprint density at radius 2 is 2.37 bits per heavy atom. The molecule has 102 valence electrons. The summed E-state index contributed by atoms with van der Waals surface area (Å²) in [5.41, 5.74) is -0.403. The van der Waals surface area contributed by atoms with E-state index < -0.39 is 10.7 Å². The molecule has 0 aromatic heterocycles. The molecular weight excluding hydrogens is 253 g/mol. The van der Waals surface area contributed by atoms with Crippen LogP contribution >= 0.6 is 0 Å². The molecule has 7 heteroatoms. The minimum absolute atomic E-state index is 0.0963. The van der Waals surface area contributed by atoms with Gasteiger partial charge in [-0.15, -0.1) is 0 Å². The van der Waals surface area contributed by atoms with Crippen LogP contribution in [-0.4, -0.2) is 23.9 Å². The molecule has 1 aliphatic rings. The molecule has 2 rings (SSSR count). The average molecular weight is 267 g/mol. The van der Waals surface area contributed by atoms with Gasteiger partial charge >= 0.3 is 0 Å². The van der Waals surface area contributed by atoms with Crippen LogP contribution < -0.4 is 10.6 Å². The number of nitro benzene ring substituents is 1. The number of carbonyl (C=O) groups is 1. The van der Waals surface area contributed by atoms with Crippen LogP contribution in [0.2, 0.25) is 0 Å². The Morgan fingerprint density at radius 3 is 3.00 bits per heavy atom. The predicted molar refractivity (Wildman–Crippen MR) is 67.3 cm³/mol. The number of nitrogens with zero attached hydrogens (tertiary/aromatic N) is 1. The highest BCUT2D eigenvalue weighted by Gasteiger charge is 2.21. The highest BCUT2D eigenvalue weighted by atomic mass is 19.1. The number of anilines is 1. The van der Waals surface area contributed by atoms with Gasteiger partial charge in [-0.3, -0.25) is 14.9 Å². The number of carbonyl (C=O) groups excluding carboxylic acids is 1. The first-order chi connectivity index (χ1) is 9.06. The van der Waals surface area contributed by atoms with E-state index >= 15 is 0 Å². The molecule has 1 amide bonds. The molecule has 6 nitrogen and oxygen atoms in total. The van der Waals surface area contributed by atoms with Crippen molar-refractivity contribution in [3.05, 3.63) is 34.1 Å². The van der Waals surface area contributed by atoms with Gasteiger partial charge in [0, 0.05) is 18.6 Å². The summed E-state index contributed by atoms with van der Waals surface area (Å²) >= 11 is 0. The Labute approximate surface area is 109 Å². The van der Waals surface area contributed by atoms with Crippen LogP contribution in [0.1, 0.15) is 12.8 Å². The summed E-state index contributed by atoms with van der Waals surface area (Å²) in [4.78, 5) is 21.9. The molecule has 1 unspecified atom stereocenters. The fraction of sp³-hybridized carbons (Fsp3) is 0.417. The van der Waals surface area contributed by atoms with Crippen molar-refractivity contribution in [2.24, 2.45) is 5.92 Å². The van der Waals surface area contributed by atoms with E-state index in [0.717, 1.165) is 37.7 Å². The van der Waals surface area contributed by atoms with Gasteiger partial charge in [-0.05, 0) is 31.5 Å². The zero-order valence-corrected chi connectivity index (χ0v) is 10.2. The lowest BCUT2D eigenvalue weighted by molar-refractivity contribution is -0.384. The van der Waals surface area contributed by atoms with Crippen molar-refractivity contribution in [3.63, 3.8) is 0 Å². The molecule has 1 atom stereocenters. The third-order valence-electron chi connectivity index (χ3n) is 3.07. The zero-order chi connectivity index (χ0) is 13.8. The molecular formula is C12H14FN3O3. The van der Waals surface area contributed by atoms with Crippen molar-refractivity contribution in [1.29, 1.82) is 0 Å². The van der Waals surface area contributed by atoms with Crippen LogP contribution in [0, 0.1) is 21.8 Å². The molecule has 0 radical (unpaired) electrons. The maximum Gasteiger partial charge on any atom is 0.292 e. The van der Waals surface area contributed by atoms with Gasteiger partial charge < -0.3 is 10.6 Å². The second-order valence-corrected chi connectivity index (χ2v) is 4.53. The molecule has 1 fully saturated rings. The first-order valence-corrected chi connectivity index (χ1v) is 6.01. The van der Waals surface area contributed by atoms with Crippen molar-refractivity contribution in [1.82, 2.24) is 5.32 Å². The summed E-state index contributed by atoms with van der Waals surface area (Å²) in [6.07, 6.45) is 1.18. The van der Waals surface area contributed by atoms with Gasteiger partial charge in [0.25, 0.3) is 5.69 Å². The Hall–Kier alpha value is -2.02. The van der Waals surface area contributed by atoms with Gasteiger partial charge in [0.15, 0.2) is 0 Å². The van der Waals surface area contributed by atoms with E-state index in [1.54, 1.807) is 0 Å². The fourth-order valence-corrected chi connectivity index (χ4v) is 2.12. The molecule has 1 saturated heterocycles. The second kappa shape index (κ2) is 5.75. The molecule has 0 aliphatic carbocycles. The number of nitro groups is 1. The minimum Gasteiger partial charge on any atom is -0.320 e. The number of benzene rings is 1. The van der Waals surface area contributed by atoms with Crippen molar-refractivity contribution in [2.75, 3.05) is 18.4 Å². The molecule has 1 aromatic carbocycles. The van der Waals surface area contributed by atoms with E-state index in [-0.39, 0.29) is 29.6 Å². The van der Waals surface area contributed by atoms with Crippen LogP contribution in [-0.2, 0) is 4.79 Å². The number of amides is 1. The van der Waals surface area contributed by atoms with Crippen LogP contribution in [0.3, 0.4) is 0 Å². The third-order valence-corrected chi connectivity index (χ3v) is 3.07. The summed E-state index contributed by atoms with van der Waals surface area (Å²) in [6.45, 7) is 1.64. The monoisotopic (exact) mass is 267 g/mol. The molecule has 19 heavy (non-hydrogen) atoms. The first-order valence-electron chi connectivity index (χ1n) is 6.01. The van der Waals surface area contributed by atoms with Gasteiger partial charge in [0.2, 0.25) is 5.91 Å². The summed E-state index contributed by atoms with van der Waals surface area (Å²) in [7, 11) is 0. The van der Waals surface area contributed by atoms with Gasteiger partial charge in [0.05, 0.1) is 4.92 Å². The molecule has 0 bridgehead atoms. The average Bonchev–Trinajstić information content (AvgIpc) is 2.81. The van der Waals surface area contributed by atoms with Crippen LogP contribution in [0.4, 0.5) is 15.8 Å². The lowest BCUT2D eigenvalue weighted by Gasteiger charge is -2.09. The zero-order valence-electron chi connectivity index (χ0n) is 10.2. The van der Waals surface area contributed by atoms with E-state index in [9.17, 15) is 19.3 Å². The Kier molecular flexibility index (Phi) is 4.06. The van der Waals surface area contributed by atoms with Gasteiger partial charge in [0.1, 0.15) is 11.5 Å². The molecule has 1 aromatic rings. The summed E-state index contributed by atoms with van der Waals surface area (Å²) in [5, 5.41) is 16.3. The Bertz CT molecular complexity index is 501. The maximum atomic E-state index is 13.1. The van der Waals surface area contributed by atoms with Crippen molar-refractivity contribution < 1.29 is 14.1 Å². The van der Waals surface area contributed by atoms with E-state index in [1.165, 1.54) is 0 Å². The van der Waals surface area contributed by atoms with Crippen molar-refractivity contribution >= 4 is 17.3 Å². The molecule has 2 N–H and O–H groups in total. The first kappa shape index (κ1) is 13.4. The van der Waals surface area contributed by atoms with Gasteiger partial charge in [-0.1, -0.05) is 0 Å². The van der Waals surface area contributed by atoms with Crippen LogP contribution in [0.25, 0.3) is 0 Å². The van der Waals surface area contributed by atoms with Gasteiger partial charge in [-0.2, -0.15) is 0 Å². The lowest BCUT2D eigenvalue weighted by atomic mass is 10.0. The Morgan fingerprint density at radius 1 is 1.58 bits per heavy atom. The standard InChI is InChI=1S/C12H14FN3O3/c13-9-1-2-11(16(18)19)10(6-9)15-12(17)5-8-3-4-14-7-8/h1-2,6,8,14H,3-5,7H2,(H,15,17). The summed E-state index contributed by atoms with van der Waals surface area (Å²) in [6, 6.07) is 3.00. The normalized spacial score (nSPS) is 18.3. The number of halogens is 1. The summed E-state index contributed by atoms with van der Waals surface area (Å²) < 4.78 is 13.1. The van der Waals surface area contributed by atoms with E-state index in [2.05, 4.69) is 10.6 Å². The molecule has 1 heterocycles. The van der Waals surface area contributed by atoms with Crippen LogP contribution in [0.5, 0.6) is 0 Å². The number of rotatable bonds is 4. The SMILES string of the molecule is O=C(CC1CCNC1)Nc1cc(F)ccc1[N+](=O)[O-]. The highest BCUT2D eigenvalue weighted by Crippen LogP contribution is 2.25. The third kappa shape index (κ3) is 3.47. The Balaban J connectivity index is 2.06. The quantitative estimate of drug-likeness (QED) is 0.642. The number of hydrogen-bond acceptors (Lipinski definition) is 4. The smallest absolute Gasteiger partial charge is 0.292 e. The topological polar surface area (TPSA) is 84.3 Å². The largest absolute Gasteiger partial charge is 0.320 e. The molecule has 1 aliphatic heterocycles. The maximum absolute atomic E-state index is 13.1. The van der Waals surface area contributed by atoms with Gasteiger partial charge in [-0.25, -0.2) is 4.39 Å². The molecule has 0 spiro atoms. The van der Waals surface area contributed by atoms with Crippen molar-refractivity contribution in [3.8, 4) is 0 Å². The van der Waals surface area contributed by atoms with Crippen LogP contribution in [0.15, 0.2) is 18.2 Å². The van der Waals surface area contributed by atoms with Crippen molar-refractivity contribution in [2.45, 2.75) is 12.8 Å². The van der Waals surface area contributed by atoms with E-state index in [4.69, 9.17) is 0 Å². The minimum atomic E-state index is -0.647. The van der Waals surface area contributed by atoms with E-state index in [1.807, 2.05) is 0 Å². The second-order valence-electron chi connectivity index (χ2n) is 4.53. The highest BCUT2D eigenvalue weighted by molar-refractivity contribution is 5.93. The predicted octanol–water partition coefficient (Wildman–Crippen LogP) is 1.67. The number of hydrogen-bond donors (Lipinski definition) is 2. The van der Waals surface area contributed by atoms with E-state index in [0.29, 0.717) is 0 Å². The fourth-order valence-electron chi connectivity index (χ4n) is 2.12. The number of nitrogens with one attached hydrogen (secondary N) is 2. The lowest BCUT2D eigenvalue weighted by Crippen LogP contribution is -2.19. The molecule has 0 saturated carbocycles. The summed E-state index contributed by atoms with van der Waals surface area (Å²) in [5.74, 6) is -0.724.